The van der Waals surface area contributed by atoms with Gasteiger partial charge < -0.3 is 20.8 Å². The van der Waals surface area contributed by atoms with Gasteiger partial charge in [-0.3, -0.25) is 9.59 Å². The summed E-state index contributed by atoms with van der Waals surface area (Å²) < 4.78 is 1.03. The van der Waals surface area contributed by atoms with E-state index in [0.29, 0.717) is 28.7 Å². The van der Waals surface area contributed by atoms with Crippen LogP contribution in [0.5, 0.6) is 11.5 Å². The Hall–Kier alpha value is -1.62. The van der Waals surface area contributed by atoms with Gasteiger partial charge in [0.1, 0.15) is 19.1 Å². The van der Waals surface area contributed by atoms with Crippen molar-refractivity contribution in [3.05, 3.63) is 40.6 Å². The van der Waals surface area contributed by atoms with Crippen molar-refractivity contribution >= 4 is 77.7 Å². The predicted octanol–water partition coefficient (Wildman–Crippen LogP) is 3.13. The van der Waals surface area contributed by atoms with Crippen LogP contribution in [0.1, 0.15) is 9.75 Å². The first-order valence-electron chi connectivity index (χ1n) is 6.45. The Morgan fingerprint density at radius 1 is 0.792 bits per heavy atom. The zero-order valence-electron chi connectivity index (χ0n) is 11.4. The van der Waals surface area contributed by atoms with Crippen molar-refractivity contribution in [3.63, 3.8) is 0 Å². The summed E-state index contributed by atoms with van der Waals surface area (Å²) >= 11 is 8.86. The van der Waals surface area contributed by atoms with Gasteiger partial charge in [-0.2, -0.15) is 0 Å². The maximum Gasteiger partial charge on any atom is 0.258 e. The number of thiophene rings is 2. The number of carbonyl (C=O) groups is 2. The maximum atomic E-state index is 12.4. The molecule has 0 fully saturated rings. The summed E-state index contributed by atoms with van der Waals surface area (Å²) in [7, 11) is 0. The molecule has 4 rings (SSSR count). The van der Waals surface area contributed by atoms with E-state index in [1.165, 1.54) is 34.8 Å². The van der Waals surface area contributed by atoms with Gasteiger partial charge in [0.2, 0.25) is 0 Å². The fourth-order valence-corrected chi connectivity index (χ4v) is 5.36. The van der Waals surface area contributed by atoms with E-state index in [9.17, 15) is 19.8 Å². The molecule has 2 aliphatic rings. The summed E-state index contributed by atoms with van der Waals surface area (Å²) in [6.07, 6.45) is 0. The molecule has 2 amide bonds. The Balaban J connectivity index is 1.91. The van der Waals surface area contributed by atoms with Crippen LogP contribution < -0.4 is 10.6 Å². The minimum absolute atomic E-state index is 0.0421. The van der Waals surface area contributed by atoms with Gasteiger partial charge in [-0.05, 0) is 31.9 Å². The van der Waals surface area contributed by atoms with Gasteiger partial charge in [0, 0.05) is 12.1 Å². The molecular weight excluding hydrogens is 484 g/mol. The van der Waals surface area contributed by atoms with Crippen molar-refractivity contribution in [2.75, 3.05) is 0 Å². The molecule has 0 unspecified atom stereocenters. The number of rotatable bonds is 2. The molecule has 6 nitrogen and oxygen atoms in total. The van der Waals surface area contributed by atoms with E-state index >= 15 is 0 Å². The Bertz CT molecular complexity index is 883. The molecule has 2 aliphatic heterocycles. The highest BCUT2D eigenvalue weighted by atomic mass is 79.9. The fraction of sp³-hybridized carbons (Fsp3) is 0. The zero-order chi connectivity index (χ0) is 17.2. The lowest BCUT2D eigenvalue weighted by Crippen LogP contribution is -2.20. The third kappa shape index (κ3) is 2.25. The van der Waals surface area contributed by atoms with Gasteiger partial charge in [0.15, 0.2) is 0 Å². The summed E-state index contributed by atoms with van der Waals surface area (Å²) in [6.45, 7) is 0. The molecule has 0 aliphatic carbocycles. The number of aromatic hydroxyl groups is 2. The third-order valence-corrected chi connectivity index (χ3v) is 7.16. The van der Waals surface area contributed by atoms with Gasteiger partial charge in [-0.1, -0.05) is 0 Å². The first-order chi connectivity index (χ1) is 11.4. The quantitative estimate of drug-likeness (QED) is 0.520. The first-order valence-corrected chi connectivity index (χ1v) is 9.67. The second-order valence-corrected chi connectivity index (χ2v) is 9.69. The molecule has 2 aromatic rings. The predicted molar refractivity (Wildman–Crippen MR) is 97.5 cm³/mol. The van der Waals surface area contributed by atoms with Crippen LogP contribution >= 0.6 is 54.5 Å². The van der Waals surface area contributed by atoms with E-state index in [4.69, 9.17) is 0 Å². The summed E-state index contributed by atoms with van der Waals surface area (Å²) in [5.74, 6) is -0.719. The SMILES string of the molecule is O=C1NC(c2cc(O)c(Br)s2)=C2C(=O)NC(c3cc(O)c(Br)s3)=C12. The molecular formula is C14H6Br2N2O4S2. The van der Waals surface area contributed by atoms with E-state index in [1.807, 2.05) is 0 Å². The number of fused-ring (bicyclic) bond motifs is 1. The molecule has 0 radical (unpaired) electrons. The first kappa shape index (κ1) is 15.9. The van der Waals surface area contributed by atoms with E-state index in [1.54, 1.807) is 0 Å². The molecule has 122 valence electrons. The Morgan fingerprint density at radius 2 is 1.17 bits per heavy atom. The van der Waals surface area contributed by atoms with E-state index in [0.717, 1.165) is 0 Å². The number of amides is 2. The highest BCUT2D eigenvalue weighted by Crippen LogP contribution is 2.45. The van der Waals surface area contributed by atoms with Crippen LogP contribution in [0.15, 0.2) is 30.9 Å². The normalized spacial score (nSPS) is 16.8. The summed E-state index contributed by atoms with van der Waals surface area (Å²) in [6, 6.07) is 2.97. The summed E-state index contributed by atoms with van der Waals surface area (Å²) in [4.78, 5) is 26.0. The van der Waals surface area contributed by atoms with Crippen LogP contribution in [0.25, 0.3) is 11.4 Å². The fourth-order valence-electron chi connectivity index (χ4n) is 2.52. The minimum atomic E-state index is -0.402. The summed E-state index contributed by atoms with van der Waals surface area (Å²) in [5, 5.41) is 24.8. The molecule has 2 aromatic heterocycles. The van der Waals surface area contributed by atoms with Gasteiger partial charge in [-0.25, -0.2) is 0 Å². The van der Waals surface area contributed by atoms with E-state index in [-0.39, 0.29) is 22.6 Å². The molecule has 24 heavy (non-hydrogen) atoms. The number of hydrogen-bond donors (Lipinski definition) is 4. The lowest BCUT2D eigenvalue weighted by atomic mass is 10.1. The maximum absolute atomic E-state index is 12.4. The van der Waals surface area contributed by atoms with Crippen LogP contribution in [0.3, 0.4) is 0 Å². The van der Waals surface area contributed by atoms with Crippen molar-refractivity contribution in [1.29, 1.82) is 0 Å². The smallest absolute Gasteiger partial charge is 0.258 e. The molecule has 0 bridgehead atoms. The lowest BCUT2D eigenvalue weighted by molar-refractivity contribution is -0.117. The number of hydrogen-bond acceptors (Lipinski definition) is 6. The number of carbonyl (C=O) groups excluding carboxylic acids is 2. The van der Waals surface area contributed by atoms with E-state index in [2.05, 4.69) is 42.5 Å². The molecule has 0 aromatic carbocycles. The molecule has 0 saturated carbocycles. The standard InChI is InChI=1S/C14H6Br2N2O4S2/c15-11-3(19)1-5(23-11)9-7-8(14(22)17-9)10(18-13(7)21)6-2-4(20)12(16)24-6/h1-2,19-20H,(H,17,22)(H,18,21). The molecule has 0 atom stereocenters. The van der Waals surface area contributed by atoms with Crippen LogP contribution in [-0.2, 0) is 9.59 Å². The highest BCUT2D eigenvalue weighted by molar-refractivity contribution is 9.11. The van der Waals surface area contributed by atoms with Crippen molar-refractivity contribution < 1.29 is 19.8 Å². The Morgan fingerprint density at radius 3 is 1.46 bits per heavy atom. The minimum Gasteiger partial charge on any atom is -0.506 e. The molecule has 0 saturated heterocycles. The van der Waals surface area contributed by atoms with Gasteiger partial charge in [0.05, 0.1) is 32.3 Å². The van der Waals surface area contributed by atoms with Crippen LogP contribution in [0.4, 0.5) is 0 Å². The van der Waals surface area contributed by atoms with Crippen LogP contribution in [0.2, 0.25) is 0 Å². The molecule has 4 heterocycles. The largest absolute Gasteiger partial charge is 0.506 e. The lowest BCUT2D eigenvalue weighted by Gasteiger charge is -2.03. The second-order valence-electron chi connectivity index (χ2n) is 4.95. The number of nitrogens with one attached hydrogen (secondary N) is 2. The van der Waals surface area contributed by atoms with Gasteiger partial charge in [0.25, 0.3) is 11.8 Å². The van der Waals surface area contributed by atoms with Crippen molar-refractivity contribution in [1.82, 2.24) is 10.6 Å². The van der Waals surface area contributed by atoms with Crippen LogP contribution in [0, 0.1) is 0 Å². The number of halogens is 2. The Kier molecular flexibility index (Phi) is 3.60. The second kappa shape index (κ2) is 5.45. The monoisotopic (exact) mass is 488 g/mol. The van der Waals surface area contributed by atoms with Crippen molar-refractivity contribution in [3.8, 4) is 11.5 Å². The van der Waals surface area contributed by atoms with Gasteiger partial charge in [-0.15, -0.1) is 22.7 Å². The van der Waals surface area contributed by atoms with E-state index < -0.39 is 11.8 Å². The van der Waals surface area contributed by atoms with Crippen LogP contribution in [-0.4, -0.2) is 22.0 Å². The molecule has 4 N–H and O–H groups in total. The Labute approximate surface area is 159 Å². The average molecular weight is 490 g/mol. The highest BCUT2D eigenvalue weighted by Gasteiger charge is 2.41. The summed E-state index contributed by atoms with van der Waals surface area (Å²) in [5.41, 5.74) is 1.22. The molecule has 0 spiro atoms. The van der Waals surface area contributed by atoms with Crippen molar-refractivity contribution in [2.45, 2.75) is 0 Å². The third-order valence-electron chi connectivity index (χ3n) is 3.51. The topological polar surface area (TPSA) is 98.7 Å². The van der Waals surface area contributed by atoms with Gasteiger partial charge >= 0.3 is 0 Å². The van der Waals surface area contributed by atoms with Crippen molar-refractivity contribution in [2.24, 2.45) is 0 Å². The molecule has 10 heteroatoms. The average Bonchev–Trinajstić information content (AvgIpc) is 3.22. The zero-order valence-corrected chi connectivity index (χ0v) is 16.2.